The molecule has 0 saturated carbocycles. The minimum atomic E-state index is -3.84. The normalized spacial score (nSPS) is 10.8. The van der Waals surface area contributed by atoms with Crippen LogP contribution in [0.4, 0.5) is 17.1 Å². The molecule has 9 heteroatoms. The molecule has 0 aliphatic carbocycles. The monoisotopic (exact) mass is 412 g/mol. The second kappa shape index (κ2) is 8.53. The topological polar surface area (TPSA) is 116 Å². The van der Waals surface area contributed by atoms with E-state index in [1.807, 2.05) is 0 Å². The molecule has 3 aromatic rings. The van der Waals surface area contributed by atoms with Gasteiger partial charge in [0, 0.05) is 33.5 Å². The molecule has 0 aliphatic heterocycles. The van der Waals surface area contributed by atoms with Crippen molar-refractivity contribution in [3.8, 4) is 5.75 Å². The minimum Gasteiger partial charge on any atom is -0.495 e. The highest BCUT2D eigenvalue weighted by Gasteiger charge is 2.17. The molecule has 1 amide bonds. The van der Waals surface area contributed by atoms with Gasteiger partial charge in [-0.25, -0.2) is 8.42 Å². The van der Waals surface area contributed by atoms with Gasteiger partial charge >= 0.3 is 0 Å². The maximum atomic E-state index is 12.6. The number of rotatable bonds is 7. The zero-order valence-corrected chi connectivity index (χ0v) is 16.2. The van der Waals surface area contributed by atoms with E-state index >= 15 is 0 Å². The Morgan fingerprint density at radius 3 is 2.38 bits per heavy atom. The van der Waals surface area contributed by atoms with Crippen LogP contribution >= 0.6 is 0 Å². The molecular weight excluding hydrogens is 394 g/mol. The van der Waals surface area contributed by atoms with Gasteiger partial charge in [-0.3, -0.25) is 9.52 Å². The van der Waals surface area contributed by atoms with Crippen LogP contribution in [0.1, 0.15) is 10.4 Å². The highest BCUT2D eigenvalue weighted by Crippen LogP contribution is 2.26. The Bertz CT molecular complexity index is 1140. The summed E-state index contributed by atoms with van der Waals surface area (Å²) in [4.78, 5) is 23.0. The lowest BCUT2D eigenvalue weighted by Crippen LogP contribution is -2.55. The maximum absolute atomic E-state index is 12.6. The van der Waals surface area contributed by atoms with Crippen LogP contribution in [0.2, 0.25) is 0 Å². The molecule has 29 heavy (non-hydrogen) atoms. The number of amides is 1. The van der Waals surface area contributed by atoms with Crippen LogP contribution in [0.3, 0.4) is 0 Å². The molecule has 0 bridgehead atoms. The van der Waals surface area contributed by atoms with E-state index in [0.29, 0.717) is 22.7 Å². The molecule has 0 fully saturated rings. The number of hydrogen-bond donors (Lipinski definition) is 3. The fraction of sp³-hybridized carbons (Fsp3) is 0.0500. The average Bonchev–Trinajstić information content (AvgIpc) is 2.74. The smallest absolute Gasteiger partial charge is 0.262 e. The Morgan fingerprint density at radius 1 is 0.966 bits per heavy atom. The van der Waals surface area contributed by atoms with Gasteiger partial charge in [0.1, 0.15) is 5.75 Å². The van der Waals surface area contributed by atoms with Crippen molar-refractivity contribution >= 4 is 33.0 Å². The Labute approximate surface area is 167 Å². The van der Waals surface area contributed by atoms with Crippen LogP contribution in [-0.4, -0.2) is 21.4 Å². The number of sulfonamides is 1. The molecule has 3 rings (SSSR count). The average molecular weight is 412 g/mol. The first kappa shape index (κ1) is 20.0. The Balaban J connectivity index is 1.75. The summed E-state index contributed by atoms with van der Waals surface area (Å²) >= 11 is 0. The molecule has 0 aromatic heterocycles. The van der Waals surface area contributed by atoms with Gasteiger partial charge in [-0.2, -0.15) is 0 Å². The van der Waals surface area contributed by atoms with Crippen molar-refractivity contribution < 1.29 is 23.1 Å². The first-order valence-electron chi connectivity index (χ1n) is 8.48. The van der Waals surface area contributed by atoms with E-state index in [4.69, 9.17) is 4.74 Å². The zero-order chi connectivity index (χ0) is 20.9. The molecule has 0 unspecified atom stereocenters. The molecule has 0 spiro atoms. The van der Waals surface area contributed by atoms with E-state index in [0.717, 1.165) is 0 Å². The van der Waals surface area contributed by atoms with Crippen LogP contribution in [0, 0.1) is 4.91 Å². The molecule has 0 radical (unpaired) electrons. The fourth-order valence-corrected chi connectivity index (χ4v) is 3.65. The molecule has 148 valence electrons. The summed E-state index contributed by atoms with van der Waals surface area (Å²) < 4.78 is 32.8. The summed E-state index contributed by atoms with van der Waals surface area (Å²) in [5.74, 6) is -0.0281. The van der Waals surface area contributed by atoms with Gasteiger partial charge in [-0.15, -0.1) is 0 Å². The number of nitrogens with one attached hydrogen (secondary N) is 3. The lowest BCUT2D eigenvalue weighted by Gasteiger charge is -2.12. The van der Waals surface area contributed by atoms with E-state index in [1.54, 1.807) is 41.6 Å². The zero-order valence-electron chi connectivity index (χ0n) is 15.4. The number of para-hydroxylation sites is 2. The van der Waals surface area contributed by atoms with Crippen molar-refractivity contribution in [3.63, 3.8) is 0 Å². The van der Waals surface area contributed by atoms with Gasteiger partial charge in [0.15, 0.2) is 0 Å². The predicted octanol–water partition coefficient (Wildman–Crippen LogP) is 2.23. The van der Waals surface area contributed by atoms with Crippen molar-refractivity contribution in [2.24, 2.45) is 0 Å². The summed E-state index contributed by atoms with van der Waals surface area (Å²) in [6.45, 7) is 0. The van der Waals surface area contributed by atoms with Gasteiger partial charge in [-0.05, 0) is 42.5 Å². The molecule has 8 nitrogen and oxygen atoms in total. The van der Waals surface area contributed by atoms with Crippen molar-refractivity contribution in [1.29, 1.82) is 0 Å². The number of benzene rings is 3. The largest absolute Gasteiger partial charge is 0.495 e. The molecule has 3 aromatic carbocycles. The van der Waals surface area contributed by atoms with E-state index < -0.39 is 15.9 Å². The number of hydrogen-bond acceptors (Lipinski definition) is 5. The number of ether oxygens (including phenoxy) is 1. The molecule has 3 N–H and O–H groups in total. The fourth-order valence-electron chi connectivity index (χ4n) is 2.58. The van der Waals surface area contributed by atoms with Crippen LogP contribution < -0.4 is 20.0 Å². The third-order valence-corrected chi connectivity index (χ3v) is 5.40. The van der Waals surface area contributed by atoms with Gasteiger partial charge < -0.3 is 10.1 Å². The Hall–Kier alpha value is -3.72. The maximum Gasteiger partial charge on any atom is 0.262 e. The van der Waals surface area contributed by atoms with Gasteiger partial charge in [0.05, 0.1) is 17.7 Å². The van der Waals surface area contributed by atoms with E-state index in [9.17, 15) is 18.1 Å². The van der Waals surface area contributed by atoms with Crippen LogP contribution in [0.25, 0.3) is 0 Å². The van der Waals surface area contributed by atoms with E-state index in [1.165, 1.54) is 43.5 Å². The number of carbonyl (C=O) groups is 1. The second-order valence-electron chi connectivity index (χ2n) is 5.97. The van der Waals surface area contributed by atoms with E-state index in [2.05, 4.69) is 10.0 Å². The molecule has 0 atom stereocenters. The molecule has 0 aliphatic rings. The van der Waals surface area contributed by atoms with Crippen LogP contribution in [0.15, 0.2) is 77.7 Å². The third kappa shape index (κ3) is 4.77. The lowest BCUT2D eigenvalue weighted by molar-refractivity contribution is -0.379. The van der Waals surface area contributed by atoms with Crippen LogP contribution in [0.5, 0.6) is 5.75 Å². The molecule has 0 heterocycles. The number of carbonyl (C=O) groups excluding carboxylic acids is 1. The SMILES string of the molecule is COc1ccccc1NS(=O)(=O)c1ccc(NC(=O)c2cccc([NH+]=O)c2)cc1. The number of anilines is 2. The Morgan fingerprint density at radius 2 is 1.69 bits per heavy atom. The molecular formula is C20H18N3O5S+. The van der Waals surface area contributed by atoms with Crippen molar-refractivity contribution in [2.75, 3.05) is 17.1 Å². The summed E-state index contributed by atoms with van der Waals surface area (Å²) in [6, 6.07) is 18.5. The van der Waals surface area contributed by atoms with Crippen LogP contribution in [-0.2, 0) is 10.0 Å². The first-order valence-corrected chi connectivity index (χ1v) is 9.97. The number of methoxy groups -OCH3 is 1. The van der Waals surface area contributed by atoms with Crippen molar-refractivity contribution in [1.82, 2.24) is 0 Å². The summed E-state index contributed by atoms with van der Waals surface area (Å²) in [5, 5.41) is 4.38. The summed E-state index contributed by atoms with van der Waals surface area (Å²) in [7, 11) is -2.39. The predicted molar refractivity (Wildman–Crippen MR) is 109 cm³/mol. The first-order chi connectivity index (χ1) is 13.9. The van der Waals surface area contributed by atoms with Gasteiger partial charge in [0.2, 0.25) is 0 Å². The minimum absolute atomic E-state index is 0.0268. The highest BCUT2D eigenvalue weighted by atomic mass is 32.2. The van der Waals surface area contributed by atoms with Gasteiger partial charge in [0.25, 0.3) is 21.6 Å². The standard InChI is InChI=1S/C20H17N3O5S/c1-28-19-8-3-2-7-18(19)23-29(26,27)17-11-9-15(10-12-17)21-20(24)14-5-4-6-16(13-14)22-25/h2-13,23H,1H3,(H,21,24)/p+1. The third-order valence-electron chi connectivity index (χ3n) is 4.02. The van der Waals surface area contributed by atoms with Crippen molar-refractivity contribution in [3.05, 3.63) is 83.3 Å². The second-order valence-corrected chi connectivity index (χ2v) is 7.65. The summed E-state index contributed by atoms with van der Waals surface area (Å²) in [6.07, 6.45) is 0. The Kier molecular flexibility index (Phi) is 5.89. The van der Waals surface area contributed by atoms with Gasteiger partial charge in [-0.1, -0.05) is 18.2 Å². The quantitative estimate of drug-likeness (QED) is 0.550. The highest BCUT2D eigenvalue weighted by molar-refractivity contribution is 7.92. The number of nitroso groups, excluding NO2 is 1. The molecule has 0 saturated heterocycles. The summed E-state index contributed by atoms with van der Waals surface area (Å²) in [5.41, 5.74) is 1.29. The van der Waals surface area contributed by atoms with Crippen molar-refractivity contribution in [2.45, 2.75) is 4.90 Å². The van der Waals surface area contributed by atoms with E-state index in [-0.39, 0.29) is 10.6 Å². The lowest BCUT2D eigenvalue weighted by atomic mass is 10.2.